The third-order valence-corrected chi connectivity index (χ3v) is 5.94. The summed E-state index contributed by atoms with van der Waals surface area (Å²) in [5.41, 5.74) is 3.65. The monoisotopic (exact) mass is 436 g/mol. The third kappa shape index (κ3) is 4.59. The first kappa shape index (κ1) is 21.0. The average molecular weight is 437 g/mol. The zero-order valence-corrected chi connectivity index (χ0v) is 18.6. The van der Waals surface area contributed by atoms with Gasteiger partial charge in [-0.05, 0) is 63.2 Å². The molecule has 0 N–H and O–H groups in total. The van der Waals surface area contributed by atoms with E-state index in [1.54, 1.807) is 12.6 Å². The number of nitrogens with zero attached hydrogens (tertiary/aromatic N) is 4. The maximum absolute atomic E-state index is 13.0. The number of Topliss-reactive ketones (excluding diaryl/α,β-unsaturated/α-hetero) is 1. The molecule has 0 saturated carbocycles. The first-order valence-corrected chi connectivity index (χ1v) is 11.0. The van der Waals surface area contributed by atoms with Crippen molar-refractivity contribution >= 4 is 17.5 Å². The third-order valence-electron chi connectivity index (χ3n) is 4.96. The fraction of sp³-hybridized carbons (Fsp3) is 0.261. The summed E-state index contributed by atoms with van der Waals surface area (Å²) in [5.74, 6) is 1.99. The van der Waals surface area contributed by atoms with Gasteiger partial charge in [-0.25, -0.2) is 0 Å². The molecule has 31 heavy (non-hydrogen) atoms. The van der Waals surface area contributed by atoms with Crippen LogP contribution in [0, 0.1) is 13.8 Å². The van der Waals surface area contributed by atoms with E-state index in [-0.39, 0.29) is 11.5 Å². The lowest BCUT2D eigenvalue weighted by Crippen LogP contribution is -2.07. The Labute approximate surface area is 185 Å². The number of carbonyl (C=O) groups is 1. The van der Waals surface area contributed by atoms with Crippen LogP contribution in [-0.2, 0) is 6.54 Å². The van der Waals surface area contributed by atoms with Crippen LogP contribution in [0.2, 0.25) is 0 Å². The van der Waals surface area contributed by atoms with Crippen molar-refractivity contribution < 1.29 is 13.9 Å². The summed E-state index contributed by atoms with van der Waals surface area (Å²) in [6.45, 7) is 7.10. The highest BCUT2D eigenvalue weighted by Crippen LogP contribution is 2.25. The normalized spacial score (nSPS) is 11.1. The Morgan fingerprint density at radius 1 is 1.19 bits per heavy atom. The minimum atomic E-state index is 0.0582. The summed E-state index contributed by atoms with van der Waals surface area (Å²) in [7, 11) is 0. The molecule has 0 fully saturated rings. The van der Waals surface area contributed by atoms with Crippen LogP contribution in [0.25, 0.3) is 5.69 Å². The summed E-state index contributed by atoms with van der Waals surface area (Å²) in [6.07, 6.45) is 3.28. The van der Waals surface area contributed by atoms with Crippen molar-refractivity contribution in [3.63, 3.8) is 0 Å². The molecule has 7 nitrogen and oxygen atoms in total. The van der Waals surface area contributed by atoms with E-state index in [2.05, 4.69) is 14.8 Å². The lowest BCUT2D eigenvalue weighted by Gasteiger charge is -2.11. The molecule has 1 aromatic carbocycles. The molecule has 0 saturated heterocycles. The van der Waals surface area contributed by atoms with Gasteiger partial charge in [0.25, 0.3) is 0 Å². The van der Waals surface area contributed by atoms with Gasteiger partial charge in [-0.3, -0.25) is 4.79 Å². The van der Waals surface area contributed by atoms with Gasteiger partial charge in [0, 0.05) is 22.6 Å². The first-order valence-electron chi connectivity index (χ1n) is 10.0. The topological polar surface area (TPSA) is 75.1 Å². The Morgan fingerprint density at radius 3 is 2.71 bits per heavy atom. The summed E-state index contributed by atoms with van der Waals surface area (Å²) in [6, 6.07) is 13.6. The fourth-order valence-electron chi connectivity index (χ4n) is 3.54. The minimum Gasteiger partial charge on any atom is -0.494 e. The van der Waals surface area contributed by atoms with E-state index in [0.29, 0.717) is 18.3 Å². The Morgan fingerprint density at radius 2 is 2.00 bits per heavy atom. The number of thioether (sulfide) groups is 1. The summed E-state index contributed by atoms with van der Waals surface area (Å²) < 4.78 is 14.9. The number of rotatable bonds is 9. The van der Waals surface area contributed by atoms with Crippen molar-refractivity contribution in [2.45, 2.75) is 32.5 Å². The molecule has 8 heteroatoms. The molecule has 0 bridgehead atoms. The second kappa shape index (κ2) is 9.26. The maximum Gasteiger partial charge on any atom is 0.191 e. The van der Waals surface area contributed by atoms with Gasteiger partial charge in [-0.2, -0.15) is 0 Å². The molecular weight excluding hydrogens is 412 g/mol. The van der Waals surface area contributed by atoms with Crippen LogP contribution in [0.15, 0.2) is 64.6 Å². The summed E-state index contributed by atoms with van der Waals surface area (Å²) >= 11 is 1.38. The molecule has 0 aliphatic heterocycles. The molecule has 0 spiro atoms. The Hall–Kier alpha value is -3.26. The highest BCUT2D eigenvalue weighted by atomic mass is 32.2. The van der Waals surface area contributed by atoms with Crippen LogP contribution in [0.5, 0.6) is 5.75 Å². The van der Waals surface area contributed by atoms with E-state index in [1.807, 2.05) is 67.8 Å². The summed E-state index contributed by atoms with van der Waals surface area (Å²) in [5, 5.41) is 8.80. The first-order chi connectivity index (χ1) is 15.1. The van der Waals surface area contributed by atoms with E-state index >= 15 is 0 Å². The molecule has 4 rings (SSSR count). The van der Waals surface area contributed by atoms with Gasteiger partial charge in [-0.15, -0.1) is 10.2 Å². The van der Waals surface area contributed by atoms with Crippen molar-refractivity contribution in [2.24, 2.45) is 0 Å². The highest BCUT2D eigenvalue weighted by molar-refractivity contribution is 7.99. The Kier molecular flexibility index (Phi) is 6.27. The van der Waals surface area contributed by atoms with Gasteiger partial charge in [0.1, 0.15) is 17.8 Å². The largest absolute Gasteiger partial charge is 0.494 e. The predicted octanol–water partition coefficient (Wildman–Crippen LogP) is 4.70. The van der Waals surface area contributed by atoms with E-state index < -0.39 is 0 Å². The quantitative estimate of drug-likeness (QED) is 0.280. The number of aryl methyl sites for hydroxylation is 1. The molecule has 4 aromatic rings. The van der Waals surface area contributed by atoms with Gasteiger partial charge >= 0.3 is 0 Å². The van der Waals surface area contributed by atoms with Gasteiger partial charge in [0.15, 0.2) is 10.9 Å². The van der Waals surface area contributed by atoms with Crippen LogP contribution in [0.1, 0.15) is 34.4 Å². The SMILES string of the molecule is CCOc1ccc(-n2c(C)cc(C(=O)CSc3nncn3Cc3ccco3)c2C)cc1. The highest BCUT2D eigenvalue weighted by Gasteiger charge is 2.18. The minimum absolute atomic E-state index is 0.0582. The van der Waals surface area contributed by atoms with Crippen LogP contribution in [0.4, 0.5) is 0 Å². The number of ether oxygens (including phenoxy) is 1. The molecule has 0 aliphatic carbocycles. The van der Waals surface area contributed by atoms with Crippen molar-refractivity contribution in [1.29, 1.82) is 0 Å². The van der Waals surface area contributed by atoms with Crippen molar-refractivity contribution in [2.75, 3.05) is 12.4 Å². The number of hydrogen-bond acceptors (Lipinski definition) is 6. The van der Waals surface area contributed by atoms with Crippen molar-refractivity contribution in [3.05, 3.63) is 77.8 Å². The molecule has 3 heterocycles. The van der Waals surface area contributed by atoms with Gasteiger partial charge in [-0.1, -0.05) is 11.8 Å². The number of carbonyl (C=O) groups excluding carboxylic acids is 1. The van der Waals surface area contributed by atoms with E-state index in [0.717, 1.165) is 34.1 Å². The molecule has 0 amide bonds. The molecule has 0 aliphatic rings. The molecule has 0 radical (unpaired) electrons. The molecule has 0 atom stereocenters. The van der Waals surface area contributed by atoms with Crippen molar-refractivity contribution in [1.82, 2.24) is 19.3 Å². The van der Waals surface area contributed by atoms with Crippen LogP contribution in [0.3, 0.4) is 0 Å². The second-order valence-corrected chi connectivity index (χ2v) is 8.02. The summed E-state index contributed by atoms with van der Waals surface area (Å²) in [4.78, 5) is 13.0. The van der Waals surface area contributed by atoms with Crippen LogP contribution >= 0.6 is 11.8 Å². The number of ketones is 1. The van der Waals surface area contributed by atoms with E-state index in [9.17, 15) is 4.79 Å². The van der Waals surface area contributed by atoms with Gasteiger partial charge in [0.2, 0.25) is 0 Å². The van der Waals surface area contributed by atoms with Gasteiger partial charge < -0.3 is 18.3 Å². The smallest absolute Gasteiger partial charge is 0.191 e. The van der Waals surface area contributed by atoms with Crippen molar-refractivity contribution in [3.8, 4) is 11.4 Å². The lowest BCUT2D eigenvalue weighted by molar-refractivity contribution is 0.102. The number of furan rings is 1. The Bertz CT molecular complexity index is 1160. The van der Waals surface area contributed by atoms with Crippen LogP contribution in [-0.4, -0.2) is 37.5 Å². The number of hydrogen-bond donors (Lipinski definition) is 0. The second-order valence-electron chi connectivity index (χ2n) is 7.08. The zero-order chi connectivity index (χ0) is 21.8. The number of aromatic nitrogens is 4. The lowest BCUT2D eigenvalue weighted by atomic mass is 10.2. The molecule has 0 unspecified atom stereocenters. The average Bonchev–Trinajstić information content (AvgIpc) is 3.49. The van der Waals surface area contributed by atoms with Gasteiger partial charge in [0.05, 0.1) is 25.2 Å². The number of benzene rings is 1. The zero-order valence-electron chi connectivity index (χ0n) is 17.7. The van der Waals surface area contributed by atoms with Crippen LogP contribution < -0.4 is 4.74 Å². The Balaban J connectivity index is 1.48. The molecule has 160 valence electrons. The maximum atomic E-state index is 13.0. The predicted molar refractivity (Wildman–Crippen MR) is 119 cm³/mol. The van der Waals surface area contributed by atoms with E-state index in [1.165, 1.54) is 11.8 Å². The molecular formula is C23H24N4O3S. The van der Waals surface area contributed by atoms with E-state index in [4.69, 9.17) is 9.15 Å². The standard InChI is InChI=1S/C23H24N4O3S/c1-4-29-19-9-7-18(8-10-19)27-16(2)12-21(17(27)3)22(28)14-31-23-25-24-15-26(23)13-20-6-5-11-30-20/h5-12,15H,4,13-14H2,1-3H3. The fourth-order valence-corrected chi connectivity index (χ4v) is 4.34. The molecule has 3 aromatic heterocycles.